The Labute approximate surface area is 190 Å². The topological polar surface area (TPSA) is 71.9 Å². The van der Waals surface area contributed by atoms with E-state index in [9.17, 15) is 9.90 Å². The van der Waals surface area contributed by atoms with Crippen LogP contribution in [0.3, 0.4) is 0 Å². The highest BCUT2D eigenvalue weighted by atomic mass is 16.6. The lowest BCUT2D eigenvalue weighted by atomic mass is 9.73. The van der Waals surface area contributed by atoms with E-state index in [-0.39, 0.29) is 12.0 Å². The summed E-state index contributed by atoms with van der Waals surface area (Å²) in [7, 11) is 0. The number of carbonyl (C=O) groups is 1. The molecule has 3 heterocycles. The molecule has 1 N–H and O–H groups in total. The molecular formula is C26H34N2O4. The molecule has 0 radical (unpaired) electrons. The molecule has 2 fully saturated rings. The first-order chi connectivity index (χ1) is 15.7. The number of allylic oxidation sites excluding steroid dienone is 1. The number of nitrogens with zero attached hydrogens (tertiary/aromatic N) is 2. The van der Waals surface area contributed by atoms with Gasteiger partial charge in [-0.1, -0.05) is 18.2 Å². The van der Waals surface area contributed by atoms with E-state index < -0.39 is 5.97 Å². The summed E-state index contributed by atoms with van der Waals surface area (Å²) in [5, 5.41) is 9.22. The Kier molecular flexibility index (Phi) is 6.49. The average Bonchev–Trinajstić information content (AvgIpc) is 2.85. The van der Waals surface area contributed by atoms with Crippen molar-refractivity contribution in [1.82, 2.24) is 9.88 Å². The van der Waals surface area contributed by atoms with Gasteiger partial charge in [0, 0.05) is 18.7 Å². The monoisotopic (exact) mass is 438 g/mol. The van der Waals surface area contributed by atoms with Crippen molar-refractivity contribution in [2.45, 2.75) is 51.0 Å². The van der Waals surface area contributed by atoms with Crippen molar-refractivity contribution in [1.29, 1.82) is 0 Å². The molecule has 6 nitrogen and oxygen atoms in total. The van der Waals surface area contributed by atoms with Crippen LogP contribution in [0.5, 0.6) is 11.6 Å². The molecule has 32 heavy (non-hydrogen) atoms. The third-order valence-corrected chi connectivity index (χ3v) is 7.92. The first-order valence-corrected chi connectivity index (χ1v) is 12.2. The summed E-state index contributed by atoms with van der Waals surface area (Å²) in [6.07, 6.45) is 16.1. The number of carboxylic acid groups (broad SMARTS) is 1. The summed E-state index contributed by atoms with van der Waals surface area (Å²) in [6.45, 7) is 3.90. The minimum absolute atomic E-state index is 0.0124. The summed E-state index contributed by atoms with van der Waals surface area (Å²) in [5.41, 5.74) is 1.40. The maximum absolute atomic E-state index is 11.2. The zero-order valence-electron chi connectivity index (χ0n) is 18.7. The molecule has 0 spiro atoms. The molecule has 5 rings (SSSR count). The first-order valence-electron chi connectivity index (χ1n) is 12.2. The Balaban J connectivity index is 1.06. The molecule has 1 aromatic heterocycles. The Morgan fingerprint density at radius 3 is 2.62 bits per heavy atom. The molecule has 1 aromatic rings. The van der Waals surface area contributed by atoms with Crippen LogP contribution in [0.1, 0.15) is 44.9 Å². The van der Waals surface area contributed by atoms with Gasteiger partial charge in [-0.25, -0.2) is 4.98 Å². The maximum atomic E-state index is 11.2. The smallest absolute Gasteiger partial charge is 0.306 e. The standard InChI is InChI=1S/C26H34N2O4/c29-26(30)22-9-7-19(8-10-22)20-11-14-28(15-12-20)16-18-3-5-21(6-4-18)24-17-31-23-2-1-13-27-25(23)32-24/h1-5,13,19-22,24H,6-12,14-17H2,(H,29,30)/t19?,21?,22?,24-/m1/s1. The lowest BCUT2D eigenvalue weighted by Gasteiger charge is -2.39. The van der Waals surface area contributed by atoms with Crippen LogP contribution in [0.2, 0.25) is 0 Å². The van der Waals surface area contributed by atoms with Crippen LogP contribution in [-0.2, 0) is 4.79 Å². The molecule has 1 saturated carbocycles. The van der Waals surface area contributed by atoms with Gasteiger partial charge in [0.25, 0.3) is 5.88 Å². The van der Waals surface area contributed by atoms with Gasteiger partial charge in [-0.15, -0.1) is 0 Å². The number of fused-ring (bicyclic) bond motifs is 1. The summed E-state index contributed by atoms with van der Waals surface area (Å²) in [6, 6.07) is 3.77. The fourth-order valence-electron chi connectivity index (χ4n) is 5.89. The summed E-state index contributed by atoms with van der Waals surface area (Å²) < 4.78 is 11.9. The van der Waals surface area contributed by atoms with Gasteiger partial charge in [0.2, 0.25) is 0 Å². The molecule has 2 aliphatic heterocycles. The summed E-state index contributed by atoms with van der Waals surface area (Å²) >= 11 is 0. The second kappa shape index (κ2) is 9.65. The normalized spacial score (nSPS) is 31.2. The van der Waals surface area contributed by atoms with E-state index >= 15 is 0 Å². The summed E-state index contributed by atoms with van der Waals surface area (Å²) in [4.78, 5) is 18.1. The number of rotatable bonds is 5. The number of ether oxygens (including phenoxy) is 2. The molecule has 0 aromatic carbocycles. The second-order valence-corrected chi connectivity index (χ2v) is 9.88. The van der Waals surface area contributed by atoms with Gasteiger partial charge < -0.3 is 14.6 Å². The molecule has 0 bridgehead atoms. The van der Waals surface area contributed by atoms with Gasteiger partial charge in [-0.3, -0.25) is 9.69 Å². The molecular weight excluding hydrogens is 404 g/mol. The number of hydrogen-bond acceptors (Lipinski definition) is 5. The first kappa shape index (κ1) is 21.5. The molecule has 1 unspecified atom stereocenters. The fraction of sp³-hybridized carbons (Fsp3) is 0.615. The van der Waals surface area contributed by atoms with E-state index in [1.807, 2.05) is 12.1 Å². The highest BCUT2D eigenvalue weighted by Gasteiger charge is 2.33. The van der Waals surface area contributed by atoms with Crippen LogP contribution >= 0.6 is 0 Å². The third kappa shape index (κ3) is 4.85. The number of pyridine rings is 1. The Bertz CT molecular complexity index is 866. The quantitative estimate of drug-likeness (QED) is 0.738. The van der Waals surface area contributed by atoms with Gasteiger partial charge >= 0.3 is 5.97 Å². The van der Waals surface area contributed by atoms with E-state index in [4.69, 9.17) is 9.47 Å². The highest BCUT2D eigenvalue weighted by molar-refractivity contribution is 5.70. The van der Waals surface area contributed by atoms with E-state index in [1.165, 1.54) is 18.4 Å². The van der Waals surface area contributed by atoms with Crippen LogP contribution in [0, 0.1) is 23.7 Å². The van der Waals surface area contributed by atoms with Gasteiger partial charge in [-0.2, -0.15) is 0 Å². The largest absolute Gasteiger partial charge is 0.484 e. The molecule has 2 atom stereocenters. The third-order valence-electron chi connectivity index (χ3n) is 7.92. The van der Waals surface area contributed by atoms with Crippen molar-refractivity contribution in [2.75, 3.05) is 26.2 Å². The van der Waals surface area contributed by atoms with Crippen LogP contribution in [0.4, 0.5) is 0 Å². The molecule has 172 valence electrons. The van der Waals surface area contributed by atoms with Crippen molar-refractivity contribution in [3.8, 4) is 11.6 Å². The van der Waals surface area contributed by atoms with Crippen LogP contribution in [0.25, 0.3) is 0 Å². The van der Waals surface area contributed by atoms with Gasteiger partial charge in [-0.05, 0) is 87.6 Å². The van der Waals surface area contributed by atoms with Gasteiger partial charge in [0.15, 0.2) is 5.75 Å². The number of piperidine rings is 1. The van der Waals surface area contributed by atoms with E-state index in [2.05, 4.69) is 28.1 Å². The lowest BCUT2D eigenvalue weighted by Crippen LogP contribution is -2.39. The highest BCUT2D eigenvalue weighted by Crippen LogP contribution is 2.38. The Morgan fingerprint density at radius 1 is 1.12 bits per heavy atom. The lowest BCUT2D eigenvalue weighted by molar-refractivity contribution is -0.143. The number of aliphatic carboxylic acids is 1. The van der Waals surface area contributed by atoms with E-state index in [0.29, 0.717) is 18.4 Å². The Morgan fingerprint density at radius 2 is 1.91 bits per heavy atom. The summed E-state index contributed by atoms with van der Waals surface area (Å²) in [5.74, 6) is 2.47. The van der Waals surface area contributed by atoms with Crippen LogP contribution in [0.15, 0.2) is 42.1 Å². The number of likely N-dealkylation sites (tertiary alicyclic amines) is 1. The number of aromatic nitrogens is 1. The minimum Gasteiger partial charge on any atom is -0.484 e. The average molecular weight is 439 g/mol. The Hall–Kier alpha value is -2.34. The van der Waals surface area contributed by atoms with Gasteiger partial charge in [0.05, 0.1) is 5.92 Å². The van der Waals surface area contributed by atoms with Crippen molar-refractivity contribution in [3.63, 3.8) is 0 Å². The maximum Gasteiger partial charge on any atom is 0.306 e. The number of hydrogen-bond donors (Lipinski definition) is 1. The van der Waals surface area contributed by atoms with Crippen molar-refractivity contribution in [3.05, 3.63) is 42.1 Å². The van der Waals surface area contributed by atoms with Crippen LogP contribution < -0.4 is 9.47 Å². The molecule has 4 aliphatic rings. The zero-order chi connectivity index (χ0) is 21.9. The second-order valence-electron chi connectivity index (χ2n) is 9.88. The van der Waals surface area contributed by atoms with Crippen LogP contribution in [-0.4, -0.2) is 53.3 Å². The van der Waals surface area contributed by atoms with E-state index in [1.54, 1.807) is 6.20 Å². The molecule has 2 aliphatic carbocycles. The van der Waals surface area contributed by atoms with E-state index in [0.717, 1.165) is 69.3 Å². The molecule has 6 heteroatoms. The minimum atomic E-state index is -0.599. The zero-order valence-corrected chi connectivity index (χ0v) is 18.7. The molecule has 1 saturated heterocycles. The SMILES string of the molecule is O=C(O)C1CCC(C2CCN(CC3=CCC([C@H]4COc5cccnc5O4)C=C3)CC2)CC1. The predicted octanol–water partition coefficient (Wildman–Crippen LogP) is 4.33. The fourth-order valence-corrected chi connectivity index (χ4v) is 5.89. The number of carboxylic acids is 1. The van der Waals surface area contributed by atoms with Crippen molar-refractivity contribution in [2.24, 2.45) is 23.7 Å². The molecule has 0 amide bonds. The van der Waals surface area contributed by atoms with Crippen molar-refractivity contribution < 1.29 is 19.4 Å². The van der Waals surface area contributed by atoms with Gasteiger partial charge in [0.1, 0.15) is 12.7 Å². The van der Waals surface area contributed by atoms with Crippen molar-refractivity contribution >= 4 is 5.97 Å². The predicted molar refractivity (Wildman–Crippen MR) is 122 cm³/mol.